The maximum atomic E-state index is 13.2. The van der Waals surface area contributed by atoms with E-state index in [0.717, 1.165) is 0 Å². The maximum Gasteiger partial charge on any atom is 0.433 e. The van der Waals surface area contributed by atoms with Crippen molar-refractivity contribution in [3.05, 3.63) is 71.9 Å². The van der Waals surface area contributed by atoms with Crippen molar-refractivity contribution in [2.75, 3.05) is 5.32 Å². The summed E-state index contributed by atoms with van der Waals surface area (Å²) in [5, 5.41) is 8.06. The summed E-state index contributed by atoms with van der Waals surface area (Å²) in [6, 6.07) is 16.2. The number of hydrogen-bond donors (Lipinski definition) is 2. The molecule has 7 heteroatoms. The number of benzene rings is 2. The lowest BCUT2D eigenvalue weighted by Crippen LogP contribution is -2.13. The van der Waals surface area contributed by atoms with E-state index in [1.807, 2.05) is 5.10 Å². The zero-order valence-electron chi connectivity index (χ0n) is 12.3. The van der Waals surface area contributed by atoms with Gasteiger partial charge in [-0.25, -0.2) is 0 Å². The highest BCUT2D eigenvalue weighted by molar-refractivity contribution is 6.05. The molecule has 0 bridgehead atoms. The number of hydrogen-bond acceptors (Lipinski definition) is 2. The number of amides is 1. The molecule has 4 nitrogen and oxygen atoms in total. The van der Waals surface area contributed by atoms with Crippen molar-refractivity contribution in [3.63, 3.8) is 0 Å². The smallest absolute Gasteiger partial charge is 0.305 e. The van der Waals surface area contributed by atoms with Gasteiger partial charge < -0.3 is 5.32 Å². The lowest BCUT2D eigenvalue weighted by atomic mass is 10.0. The number of nitrogens with one attached hydrogen (secondary N) is 2. The molecule has 0 saturated carbocycles. The van der Waals surface area contributed by atoms with Crippen LogP contribution in [0.3, 0.4) is 0 Å². The Hall–Kier alpha value is -3.09. The standard InChI is InChI=1S/C17H12F3N3O/c18-17(19,20)14-13(11-7-3-1-4-8-11)15(23-22-14)21-16(24)12-9-5-2-6-10-12/h1-10H,(H2,21,22,23,24). The number of H-pyrrole nitrogens is 1. The van der Waals surface area contributed by atoms with Crippen LogP contribution in [0.15, 0.2) is 60.7 Å². The van der Waals surface area contributed by atoms with Crippen molar-refractivity contribution in [2.24, 2.45) is 0 Å². The highest BCUT2D eigenvalue weighted by Gasteiger charge is 2.38. The number of halogens is 3. The third kappa shape index (κ3) is 3.15. The number of anilines is 1. The summed E-state index contributed by atoms with van der Waals surface area (Å²) < 4.78 is 39.7. The van der Waals surface area contributed by atoms with Crippen LogP contribution in [0.25, 0.3) is 11.1 Å². The quantitative estimate of drug-likeness (QED) is 0.750. The number of carbonyl (C=O) groups excluding carboxylic acids is 1. The first-order valence-corrected chi connectivity index (χ1v) is 7.04. The molecule has 3 rings (SSSR count). The fourth-order valence-electron chi connectivity index (χ4n) is 2.29. The van der Waals surface area contributed by atoms with Gasteiger partial charge in [-0.1, -0.05) is 48.5 Å². The predicted octanol–water partition coefficient (Wildman–Crippen LogP) is 4.35. The minimum absolute atomic E-state index is 0.164. The summed E-state index contributed by atoms with van der Waals surface area (Å²) >= 11 is 0. The summed E-state index contributed by atoms with van der Waals surface area (Å²) in [5.41, 5.74) is -0.556. The molecule has 1 amide bonds. The van der Waals surface area contributed by atoms with Crippen molar-refractivity contribution in [2.45, 2.75) is 6.18 Å². The zero-order valence-corrected chi connectivity index (χ0v) is 12.3. The van der Waals surface area contributed by atoms with Gasteiger partial charge in [-0.05, 0) is 17.7 Å². The molecule has 2 aromatic carbocycles. The van der Waals surface area contributed by atoms with Gasteiger partial charge >= 0.3 is 6.18 Å². The average Bonchev–Trinajstić information content (AvgIpc) is 3.00. The monoisotopic (exact) mass is 331 g/mol. The van der Waals surface area contributed by atoms with E-state index < -0.39 is 17.8 Å². The van der Waals surface area contributed by atoms with Gasteiger partial charge in [0.1, 0.15) is 5.69 Å². The van der Waals surface area contributed by atoms with Crippen LogP contribution in [0, 0.1) is 0 Å². The van der Waals surface area contributed by atoms with Gasteiger partial charge in [0, 0.05) is 5.56 Å². The van der Waals surface area contributed by atoms with Crippen molar-refractivity contribution in [1.82, 2.24) is 10.2 Å². The summed E-state index contributed by atoms with van der Waals surface area (Å²) in [6.45, 7) is 0. The molecule has 24 heavy (non-hydrogen) atoms. The lowest BCUT2D eigenvalue weighted by molar-refractivity contribution is -0.140. The molecule has 0 aliphatic carbocycles. The molecule has 2 N–H and O–H groups in total. The van der Waals surface area contributed by atoms with Gasteiger partial charge in [-0.15, -0.1) is 0 Å². The second-order valence-corrected chi connectivity index (χ2v) is 5.01. The van der Waals surface area contributed by atoms with Crippen LogP contribution in [0.5, 0.6) is 0 Å². The highest BCUT2D eigenvalue weighted by atomic mass is 19.4. The Morgan fingerprint density at radius 3 is 2.12 bits per heavy atom. The molecule has 0 atom stereocenters. The first-order valence-electron chi connectivity index (χ1n) is 7.04. The van der Waals surface area contributed by atoms with E-state index in [2.05, 4.69) is 10.4 Å². The zero-order chi connectivity index (χ0) is 17.2. The van der Waals surface area contributed by atoms with Crippen LogP contribution in [-0.2, 0) is 6.18 Å². The Kier molecular flexibility index (Phi) is 4.07. The number of alkyl halides is 3. The average molecular weight is 331 g/mol. The third-order valence-electron chi connectivity index (χ3n) is 3.38. The largest absolute Gasteiger partial charge is 0.433 e. The van der Waals surface area contributed by atoms with Crippen LogP contribution in [0.1, 0.15) is 16.1 Å². The Morgan fingerprint density at radius 1 is 0.958 bits per heavy atom. The van der Waals surface area contributed by atoms with Gasteiger partial charge in [0.25, 0.3) is 5.91 Å². The van der Waals surface area contributed by atoms with Crippen LogP contribution >= 0.6 is 0 Å². The van der Waals surface area contributed by atoms with Crippen LogP contribution in [0.4, 0.5) is 19.0 Å². The van der Waals surface area contributed by atoms with Gasteiger partial charge in [-0.3, -0.25) is 9.89 Å². The van der Waals surface area contributed by atoms with E-state index in [0.29, 0.717) is 11.1 Å². The fraction of sp³-hybridized carbons (Fsp3) is 0.0588. The maximum absolute atomic E-state index is 13.2. The summed E-state index contributed by atoms with van der Waals surface area (Å²) in [5.74, 6) is -0.699. The van der Waals surface area contributed by atoms with E-state index in [9.17, 15) is 18.0 Å². The molecule has 0 fully saturated rings. The normalized spacial score (nSPS) is 11.3. The third-order valence-corrected chi connectivity index (χ3v) is 3.38. The summed E-state index contributed by atoms with van der Waals surface area (Å²) in [7, 11) is 0. The fourth-order valence-corrected chi connectivity index (χ4v) is 2.29. The van der Waals surface area contributed by atoms with E-state index in [4.69, 9.17) is 0 Å². The molecule has 0 spiro atoms. The van der Waals surface area contributed by atoms with Gasteiger partial charge in [-0.2, -0.15) is 18.3 Å². The molecular weight excluding hydrogens is 319 g/mol. The Labute approximate surface area is 135 Å². The van der Waals surface area contributed by atoms with Crippen molar-refractivity contribution >= 4 is 11.7 Å². The summed E-state index contributed by atoms with van der Waals surface area (Å²) in [6.07, 6.45) is -4.62. The van der Waals surface area contributed by atoms with Crippen molar-refractivity contribution in [1.29, 1.82) is 0 Å². The summed E-state index contributed by atoms with van der Waals surface area (Å²) in [4.78, 5) is 12.2. The van der Waals surface area contributed by atoms with Crippen LogP contribution < -0.4 is 5.32 Å². The Balaban J connectivity index is 2.03. The lowest BCUT2D eigenvalue weighted by Gasteiger charge is -2.09. The second kappa shape index (κ2) is 6.19. The van der Waals surface area contributed by atoms with E-state index >= 15 is 0 Å². The molecule has 0 aliphatic rings. The van der Waals surface area contributed by atoms with Crippen molar-refractivity contribution < 1.29 is 18.0 Å². The minimum Gasteiger partial charge on any atom is -0.305 e. The number of rotatable bonds is 3. The van der Waals surface area contributed by atoms with Crippen LogP contribution in [0.2, 0.25) is 0 Å². The number of aromatic amines is 1. The molecule has 0 radical (unpaired) electrons. The van der Waals surface area contributed by atoms with E-state index in [1.165, 1.54) is 12.1 Å². The highest BCUT2D eigenvalue weighted by Crippen LogP contribution is 2.39. The number of nitrogens with zero attached hydrogens (tertiary/aromatic N) is 1. The van der Waals surface area contributed by atoms with Crippen molar-refractivity contribution in [3.8, 4) is 11.1 Å². The van der Waals surface area contributed by atoms with Gasteiger partial charge in [0.2, 0.25) is 0 Å². The first-order chi connectivity index (χ1) is 11.5. The number of aromatic nitrogens is 2. The SMILES string of the molecule is O=C(Nc1n[nH]c(C(F)(F)F)c1-c1ccccc1)c1ccccc1. The molecule has 1 aromatic heterocycles. The molecule has 1 heterocycles. The molecular formula is C17H12F3N3O. The van der Waals surface area contributed by atoms with E-state index in [1.54, 1.807) is 48.5 Å². The molecule has 122 valence electrons. The molecule has 0 aliphatic heterocycles. The minimum atomic E-state index is -4.62. The molecule has 0 unspecified atom stereocenters. The Bertz CT molecular complexity index is 843. The Morgan fingerprint density at radius 2 is 1.54 bits per heavy atom. The molecule has 3 aromatic rings. The number of carbonyl (C=O) groups is 1. The first kappa shape index (κ1) is 15.8. The van der Waals surface area contributed by atoms with E-state index in [-0.39, 0.29) is 11.4 Å². The topological polar surface area (TPSA) is 57.8 Å². The van der Waals surface area contributed by atoms with Gasteiger partial charge in [0.05, 0.1) is 5.56 Å². The van der Waals surface area contributed by atoms with Crippen LogP contribution in [-0.4, -0.2) is 16.1 Å². The van der Waals surface area contributed by atoms with Gasteiger partial charge in [0.15, 0.2) is 5.82 Å². The predicted molar refractivity (Wildman–Crippen MR) is 83.4 cm³/mol. The second-order valence-electron chi connectivity index (χ2n) is 5.01. The molecule has 0 saturated heterocycles.